The lowest BCUT2D eigenvalue weighted by atomic mass is 9.97. The van der Waals surface area contributed by atoms with Crippen LogP contribution in [0, 0.1) is 25.5 Å². The number of thiol groups is 1. The highest BCUT2D eigenvalue weighted by Gasteiger charge is 2.43. The summed E-state index contributed by atoms with van der Waals surface area (Å²) >= 11 is 1.56. The quantitative estimate of drug-likeness (QED) is 0.0397. The van der Waals surface area contributed by atoms with Gasteiger partial charge in [-0.25, -0.2) is 36.6 Å². The first-order valence-corrected chi connectivity index (χ1v) is 24.9. The van der Waals surface area contributed by atoms with Crippen molar-refractivity contribution in [2.75, 3.05) is 30.7 Å². The van der Waals surface area contributed by atoms with E-state index in [-0.39, 0.29) is 80.0 Å². The van der Waals surface area contributed by atoms with Crippen LogP contribution in [0.5, 0.6) is 5.75 Å². The molecule has 0 bridgehead atoms. The number of aromatic nitrogens is 4. The Morgan fingerprint density at radius 2 is 1.77 bits per heavy atom. The summed E-state index contributed by atoms with van der Waals surface area (Å²) in [6.07, 6.45) is 1.37. The summed E-state index contributed by atoms with van der Waals surface area (Å²) in [5.41, 5.74) is 5.03. The largest absolute Gasteiger partial charge is 0.494 e. The van der Waals surface area contributed by atoms with Crippen molar-refractivity contribution in [1.82, 2.24) is 35.3 Å². The van der Waals surface area contributed by atoms with E-state index in [2.05, 4.69) is 25.4 Å². The SMILES string of the molecule is Cc1cc([C@H](CCCOc2ccc(-c3cnc4[nH]cc(C(=O)c5c(F)ccc(N(N6CC[C@@H](F)C6)[SH](=O)=O)c5F)c4c3)cc2)C(=O)N2CC(O)CC2C(=O)N[C@@H](C)c2ccc(-c3scnc3C)cc2)on1. The first kappa shape index (κ1) is 49.1. The Bertz CT molecular complexity index is 3170. The zero-order chi connectivity index (χ0) is 50.1. The lowest BCUT2D eigenvalue weighted by Gasteiger charge is -2.28. The molecule has 4 aromatic heterocycles. The number of nitrogens with zero attached hydrogens (tertiary/aromatic N) is 6. The van der Waals surface area contributed by atoms with Gasteiger partial charge < -0.3 is 29.6 Å². The molecule has 0 saturated carbocycles. The Morgan fingerprint density at radius 1 is 1.01 bits per heavy atom. The van der Waals surface area contributed by atoms with Gasteiger partial charge in [0.25, 0.3) is 0 Å². The highest BCUT2D eigenvalue weighted by Crippen LogP contribution is 2.35. The maximum Gasteiger partial charge on any atom is 0.243 e. The number of aliphatic hydroxyl groups excluding tert-OH is 1. The van der Waals surface area contributed by atoms with Gasteiger partial charge in [-0.2, -0.15) is 4.41 Å². The number of aromatic amines is 1. The normalized spacial score (nSPS) is 18.0. The van der Waals surface area contributed by atoms with Crippen LogP contribution in [0.4, 0.5) is 18.9 Å². The molecule has 2 aliphatic rings. The molecule has 2 unspecified atom stereocenters. The van der Waals surface area contributed by atoms with Crippen molar-refractivity contribution in [3.63, 3.8) is 0 Å². The third-order valence-electron chi connectivity index (χ3n) is 12.8. The molecule has 21 heteroatoms. The number of H-pyrrole nitrogens is 1. The fraction of sp³-hybridized carbons (Fsp3) is 0.320. The van der Waals surface area contributed by atoms with Crippen molar-refractivity contribution < 1.29 is 50.3 Å². The zero-order valence-electron chi connectivity index (χ0n) is 38.7. The Labute approximate surface area is 411 Å². The van der Waals surface area contributed by atoms with Crippen LogP contribution >= 0.6 is 11.3 Å². The number of hydrogen-bond acceptors (Lipinski definition) is 13. The molecule has 2 fully saturated rings. The number of pyridine rings is 1. The van der Waals surface area contributed by atoms with Gasteiger partial charge in [0.05, 0.1) is 58.6 Å². The Balaban J connectivity index is 0.843. The van der Waals surface area contributed by atoms with E-state index in [0.29, 0.717) is 39.2 Å². The molecule has 6 heterocycles. The minimum absolute atomic E-state index is 0.0222. The van der Waals surface area contributed by atoms with E-state index >= 15 is 8.78 Å². The summed E-state index contributed by atoms with van der Waals surface area (Å²) < 4.78 is 82.0. The molecule has 2 amide bonds. The molecule has 9 rings (SSSR count). The van der Waals surface area contributed by atoms with E-state index in [0.717, 1.165) is 38.8 Å². The van der Waals surface area contributed by atoms with Crippen LogP contribution in [0.15, 0.2) is 95.2 Å². The number of amides is 2. The number of rotatable bonds is 17. The van der Waals surface area contributed by atoms with Gasteiger partial charge in [0, 0.05) is 54.5 Å². The van der Waals surface area contributed by atoms with E-state index in [4.69, 9.17) is 9.26 Å². The number of thiazole rings is 1. The summed E-state index contributed by atoms with van der Waals surface area (Å²) in [6, 6.07) is 18.6. The van der Waals surface area contributed by atoms with Crippen LogP contribution in [0.3, 0.4) is 0 Å². The number of ether oxygens (including phenoxy) is 1. The number of alkyl halides is 1. The molecular formula is C50H49F3N8O8S2. The third-order valence-corrected chi connectivity index (χ3v) is 14.6. The van der Waals surface area contributed by atoms with Gasteiger partial charge in [0.2, 0.25) is 28.5 Å². The molecule has 71 heavy (non-hydrogen) atoms. The molecule has 7 aromatic rings. The maximum atomic E-state index is 16.1. The van der Waals surface area contributed by atoms with Crippen molar-refractivity contribution in [3.05, 3.63) is 136 Å². The van der Waals surface area contributed by atoms with Gasteiger partial charge in [0.1, 0.15) is 40.9 Å². The molecule has 3 aromatic carbocycles. The van der Waals surface area contributed by atoms with Crippen LogP contribution < -0.4 is 14.5 Å². The minimum atomic E-state index is -3.51. The number of nitrogens with one attached hydrogen (secondary N) is 2. The number of carbonyl (C=O) groups excluding carboxylic acids is 3. The second-order valence-corrected chi connectivity index (χ2v) is 19.4. The number of aliphatic hydroxyl groups is 1. The second-order valence-electron chi connectivity index (χ2n) is 17.7. The highest BCUT2D eigenvalue weighted by atomic mass is 32.2. The zero-order valence-corrected chi connectivity index (χ0v) is 40.4. The number of halogens is 3. The minimum Gasteiger partial charge on any atom is -0.494 e. The summed E-state index contributed by atoms with van der Waals surface area (Å²) in [6.45, 7) is 5.41. The summed E-state index contributed by atoms with van der Waals surface area (Å²) in [7, 11) is -3.51. The van der Waals surface area contributed by atoms with Gasteiger partial charge in [-0.1, -0.05) is 41.6 Å². The van der Waals surface area contributed by atoms with Gasteiger partial charge in [-0.05, 0) is 87.1 Å². The number of β-amino-alcohol motifs (C(OH)–C–C–N with tert-alkyl or cyclic N) is 1. The van der Waals surface area contributed by atoms with E-state index in [9.17, 15) is 32.3 Å². The summed E-state index contributed by atoms with van der Waals surface area (Å²) in [5, 5.41) is 19.1. The lowest BCUT2D eigenvalue weighted by molar-refractivity contribution is -0.140. The molecule has 370 valence electrons. The topological polar surface area (TPSA) is 204 Å². The Hall–Kier alpha value is -6.94. The van der Waals surface area contributed by atoms with Crippen LogP contribution in [-0.2, 0) is 20.5 Å². The fourth-order valence-electron chi connectivity index (χ4n) is 9.16. The van der Waals surface area contributed by atoms with Crippen LogP contribution in [0.2, 0.25) is 0 Å². The summed E-state index contributed by atoms with van der Waals surface area (Å²) in [4.78, 5) is 56.1. The molecule has 0 radical (unpaired) electrons. The average molecular weight is 1010 g/mol. The van der Waals surface area contributed by atoms with Crippen molar-refractivity contribution in [2.45, 2.75) is 76.7 Å². The Kier molecular flexibility index (Phi) is 14.4. The second kappa shape index (κ2) is 20.8. The molecule has 2 aliphatic heterocycles. The molecule has 3 N–H and O–H groups in total. The number of likely N-dealkylation sites (tertiary alicyclic amines) is 1. The smallest absolute Gasteiger partial charge is 0.243 e. The maximum absolute atomic E-state index is 16.1. The lowest BCUT2D eigenvalue weighted by Crippen LogP contribution is -2.48. The van der Waals surface area contributed by atoms with Gasteiger partial charge in [-0.15, -0.1) is 11.3 Å². The van der Waals surface area contributed by atoms with Crippen molar-refractivity contribution in [3.8, 4) is 27.3 Å². The van der Waals surface area contributed by atoms with Crippen LogP contribution in [0.1, 0.15) is 83.2 Å². The van der Waals surface area contributed by atoms with Gasteiger partial charge in [0.15, 0.2) is 5.82 Å². The van der Waals surface area contributed by atoms with E-state index in [1.807, 2.05) is 38.1 Å². The molecule has 0 spiro atoms. The standard InChI is InChI=1S/C50H49F3N8O8S2/c1-27-19-43(69-58-27)37(50(65)60-25-35(62)21-42(60)49(64)57-28(2)30-6-8-32(9-7-30)47-29(3)56-26-70-47)5-4-18-68-36-12-10-31(11-13-36)33-20-38-39(23-55-48(38)54-22-33)46(63)44-40(52)14-15-41(45(44)53)61(71(66)67)59-17-16-34(51)24-59/h6-15,19-20,22-23,26,28,34-35,37,42,62,71H,4-5,16-18,21,24-25H2,1-3H3,(H,54,55)(H,57,64)/t28-,34+,35?,37-,42?/m0/s1. The van der Waals surface area contributed by atoms with Gasteiger partial charge in [-0.3, -0.25) is 14.4 Å². The number of fused-ring (bicyclic) bond motifs is 1. The number of carbonyl (C=O) groups is 3. The van der Waals surface area contributed by atoms with E-state index in [1.54, 1.807) is 66.4 Å². The van der Waals surface area contributed by atoms with Gasteiger partial charge >= 0.3 is 0 Å². The predicted octanol–water partition coefficient (Wildman–Crippen LogP) is 7.54. The fourth-order valence-corrected chi connectivity index (χ4v) is 10.7. The molecular weight excluding hydrogens is 962 g/mol. The number of benzene rings is 3. The monoisotopic (exact) mass is 1010 g/mol. The average Bonchev–Trinajstić information content (AvgIpc) is 4.22. The van der Waals surface area contributed by atoms with E-state index < -0.39 is 63.8 Å². The number of ketones is 1. The van der Waals surface area contributed by atoms with E-state index in [1.165, 1.54) is 11.1 Å². The number of hydrogen-bond donors (Lipinski definition) is 4. The van der Waals surface area contributed by atoms with Crippen molar-refractivity contribution in [1.29, 1.82) is 0 Å². The molecule has 16 nitrogen and oxygen atoms in total. The van der Waals surface area contributed by atoms with Crippen LogP contribution in [0.25, 0.3) is 32.6 Å². The predicted molar refractivity (Wildman–Crippen MR) is 259 cm³/mol. The first-order valence-electron chi connectivity index (χ1n) is 22.9. The molecule has 2 saturated heterocycles. The van der Waals surface area contributed by atoms with Crippen molar-refractivity contribution in [2.24, 2.45) is 0 Å². The van der Waals surface area contributed by atoms with Crippen LogP contribution in [-0.4, -0.2) is 106 Å². The molecule has 5 atom stereocenters. The number of hydrazine groups is 1. The highest BCUT2D eigenvalue weighted by molar-refractivity contribution is 7.73. The summed E-state index contributed by atoms with van der Waals surface area (Å²) in [5.74, 6) is -4.40. The molecule has 0 aliphatic carbocycles. The third kappa shape index (κ3) is 10.3. The number of aryl methyl sites for hydroxylation is 2. The Morgan fingerprint density at radius 3 is 2.45 bits per heavy atom. The number of anilines is 1. The first-order chi connectivity index (χ1) is 34.1. The van der Waals surface area contributed by atoms with Crippen molar-refractivity contribution >= 4 is 56.5 Å².